The molecule has 0 aliphatic carbocycles. The fourth-order valence-electron chi connectivity index (χ4n) is 1.79. The van der Waals surface area contributed by atoms with Gasteiger partial charge in [0.1, 0.15) is 24.1 Å². The molecule has 1 aliphatic rings. The van der Waals surface area contributed by atoms with Crippen molar-refractivity contribution in [1.29, 1.82) is 0 Å². The van der Waals surface area contributed by atoms with E-state index in [2.05, 4.69) is 9.51 Å². The standard InChI is InChI=1S/C8H14N3O7P/c9-5-1-10-3-11(5)8-7(13)6(12)4(18-8)2-17-19(14,15)16/h1,3-4,6-8,12-13H,2,9H2,(H2,14,15,16)/p-1/t4-,6-,7-,8-/m1/s1. The summed E-state index contributed by atoms with van der Waals surface area (Å²) in [6.07, 6.45) is -2.25. The number of ether oxygens (including phenoxy) is 1. The summed E-state index contributed by atoms with van der Waals surface area (Å²) in [5, 5.41) is 19.5. The fourth-order valence-corrected chi connectivity index (χ4v) is 2.13. The van der Waals surface area contributed by atoms with E-state index in [0.717, 1.165) is 0 Å². The first kappa shape index (κ1) is 14.4. The van der Waals surface area contributed by atoms with Crippen LogP contribution in [0.1, 0.15) is 6.23 Å². The topological polar surface area (TPSA) is 163 Å². The molecular weight excluding hydrogens is 281 g/mol. The number of phosphoric acid groups is 1. The lowest BCUT2D eigenvalue weighted by atomic mass is 10.1. The summed E-state index contributed by atoms with van der Waals surface area (Å²) in [6.45, 7) is -0.624. The largest absolute Gasteiger partial charge is 0.756 e. The van der Waals surface area contributed by atoms with Crippen LogP contribution in [0.2, 0.25) is 0 Å². The third-order valence-corrected chi connectivity index (χ3v) is 3.18. The zero-order chi connectivity index (χ0) is 14.2. The summed E-state index contributed by atoms with van der Waals surface area (Å²) < 4.78 is 21.1. The van der Waals surface area contributed by atoms with E-state index in [4.69, 9.17) is 15.4 Å². The predicted molar refractivity (Wildman–Crippen MR) is 58.3 cm³/mol. The van der Waals surface area contributed by atoms with Gasteiger partial charge in [-0.15, -0.1) is 0 Å². The summed E-state index contributed by atoms with van der Waals surface area (Å²) in [6, 6.07) is 0. The number of aliphatic hydroxyl groups is 2. The van der Waals surface area contributed by atoms with E-state index >= 15 is 0 Å². The highest BCUT2D eigenvalue weighted by Crippen LogP contribution is 2.35. The highest BCUT2D eigenvalue weighted by Gasteiger charge is 2.44. The lowest BCUT2D eigenvalue weighted by Crippen LogP contribution is -2.34. The molecule has 108 valence electrons. The zero-order valence-corrected chi connectivity index (χ0v) is 10.5. The molecule has 2 heterocycles. The number of aliphatic hydroxyl groups excluding tert-OH is 2. The average Bonchev–Trinajstić information content (AvgIpc) is 2.83. The van der Waals surface area contributed by atoms with Gasteiger partial charge in [0.15, 0.2) is 6.23 Å². The molecule has 0 aromatic carbocycles. The highest BCUT2D eigenvalue weighted by atomic mass is 31.2. The van der Waals surface area contributed by atoms with Crippen LogP contribution in [0.4, 0.5) is 5.82 Å². The number of hydrogen-bond donors (Lipinski definition) is 4. The predicted octanol–water partition coefficient (Wildman–Crippen LogP) is -2.44. The van der Waals surface area contributed by atoms with Gasteiger partial charge in [0.2, 0.25) is 0 Å². The summed E-state index contributed by atoms with van der Waals surface area (Å²) in [7, 11) is -4.92. The molecule has 1 aromatic heterocycles. The molecule has 0 radical (unpaired) electrons. The van der Waals surface area contributed by atoms with Crippen LogP contribution in [-0.2, 0) is 13.8 Å². The normalized spacial score (nSPS) is 34.3. The Kier molecular flexibility index (Phi) is 3.92. The Morgan fingerprint density at radius 2 is 2.26 bits per heavy atom. The molecule has 11 heteroatoms. The van der Waals surface area contributed by atoms with E-state index in [1.807, 2.05) is 0 Å². The van der Waals surface area contributed by atoms with Crippen LogP contribution in [0.5, 0.6) is 0 Å². The van der Waals surface area contributed by atoms with Crippen molar-refractivity contribution in [1.82, 2.24) is 9.55 Å². The van der Waals surface area contributed by atoms with Gasteiger partial charge in [-0.05, 0) is 0 Å². The first-order valence-corrected chi connectivity index (χ1v) is 6.76. The maximum atomic E-state index is 10.5. The molecule has 2 rings (SSSR count). The third kappa shape index (κ3) is 3.12. The van der Waals surface area contributed by atoms with Gasteiger partial charge in [-0.2, -0.15) is 0 Å². The fraction of sp³-hybridized carbons (Fsp3) is 0.625. The second-order valence-corrected chi connectivity index (χ2v) is 5.23. The Balaban J connectivity index is 2.07. The second kappa shape index (κ2) is 5.17. The minimum atomic E-state index is -4.92. The van der Waals surface area contributed by atoms with Crippen molar-refractivity contribution in [2.45, 2.75) is 24.5 Å². The number of aromatic nitrogens is 2. The Hall–Kier alpha value is -1.00. The third-order valence-electron chi connectivity index (χ3n) is 2.71. The van der Waals surface area contributed by atoms with Crippen molar-refractivity contribution in [3.63, 3.8) is 0 Å². The molecular formula is C8H13N3O7P-. The van der Waals surface area contributed by atoms with E-state index < -0.39 is 39.0 Å². The molecule has 19 heavy (non-hydrogen) atoms. The molecule has 0 amide bonds. The van der Waals surface area contributed by atoms with Crippen LogP contribution in [0.15, 0.2) is 12.5 Å². The molecule has 0 saturated carbocycles. The summed E-state index contributed by atoms with van der Waals surface area (Å²) in [5.74, 6) is 0.203. The highest BCUT2D eigenvalue weighted by molar-refractivity contribution is 7.44. The van der Waals surface area contributed by atoms with Gasteiger partial charge in [-0.25, -0.2) is 4.98 Å². The van der Waals surface area contributed by atoms with Crippen molar-refractivity contribution in [2.75, 3.05) is 12.3 Å². The lowest BCUT2D eigenvalue weighted by Gasteiger charge is -2.20. The molecule has 1 aromatic rings. The number of nitrogen functional groups attached to an aromatic ring is 1. The number of rotatable bonds is 4. The maximum Gasteiger partial charge on any atom is 0.265 e. The molecule has 10 nitrogen and oxygen atoms in total. The minimum absolute atomic E-state index is 0.203. The molecule has 1 saturated heterocycles. The Morgan fingerprint density at radius 1 is 1.58 bits per heavy atom. The molecule has 5 N–H and O–H groups in total. The number of phosphoric ester groups is 1. The first-order chi connectivity index (χ1) is 8.79. The van der Waals surface area contributed by atoms with Gasteiger partial charge in [0.05, 0.1) is 19.1 Å². The van der Waals surface area contributed by atoms with Gasteiger partial charge in [-0.1, -0.05) is 0 Å². The second-order valence-electron chi connectivity index (χ2n) is 4.04. The van der Waals surface area contributed by atoms with E-state index in [0.29, 0.717) is 0 Å². The number of anilines is 1. The molecule has 0 spiro atoms. The van der Waals surface area contributed by atoms with Crippen molar-refractivity contribution in [2.24, 2.45) is 0 Å². The van der Waals surface area contributed by atoms with Crippen LogP contribution >= 0.6 is 7.82 Å². The molecule has 1 fully saturated rings. The van der Waals surface area contributed by atoms with E-state index in [9.17, 15) is 19.7 Å². The summed E-state index contributed by atoms with van der Waals surface area (Å²) in [5.41, 5.74) is 5.58. The van der Waals surface area contributed by atoms with Gasteiger partial charge < -0.3 is 35.0 Å². The Bertz CT molecular complexity index is 488. The Morgan fingerprint density at radius 3 is 2.79 bits per heavy atom. The minimum Gasteiger partial charge on any atom is -0.756 e. The molecule has 1 aliphatic heterocycles. The SMILES string of the molecule is Nc1cncn1[C@@H]1O[C@H](COP(=O)([O-])O)[C@@H](O)[C@H]1O. The van der Waals surface area contributed by atoms with Gasteiger partial charge in [-0.3, -0.25) is 9.13 Å². The van der Waals surface area contributed by atoms with Crippen LogP contribution in [-0.4, -0.2) is 49.6 Å². The van der Waals surface area contributed by atoms with Gasteiger partial charge >= 0.3 is 0 Å². The van der Waals surface area contributed by atoms with Crippen molar-refractivity contribution in [3.05, 3.63) is 12.5 Å². The average molecular weight is 294 g/mol. The van der Waals surface area contributed by atoms with Crippen molar-refractivity contribution in [3.8, 4) is 0 Å². The van der Waals surface area contributed by atoms with Crippen LogP contribution in [0, 0.1) is 0 Å². The van der Waals surface area contributed by atoms with Gasteiger partial charge in [0.25, 0.3) is 7.82 Å². The van der Waals surface area contributed by atoms with Crippen molar-refractivity contribution < 1.29 is 33.8 Å². The van der Waals surface area contributed by atoms with Crippen LogP contribution in [0.3, 0.4) is 0 Å². The van der Waals surface area contributed by atoms with Crippen LogP contribution in [0.25, 0.3) is 0 Å². The van der Waals surface area contributed by atoms with Crippen molar-refractivity contribution >= 4 is 13.6 Å². The smallest absolute Gasteiger partial charge is 0.265 e. The van der Waals surface area contributed by atoms with Gasteiger partial charge in [0, 0.05) is 0 Å². The molecule has 5 atom stereocenters. The van der Waals surface area contributed by atoms with E-state index in [1.54, 1.807) is 0 Å². The molecule has 0 bridgehead atoms. The molecule has 1 unspecified atom stereocenters. The first-order valence-electron chi connectivity index (χ1n) is 5.27. The van der Waals surface area contributed by atoms with E-state index in [-0.39, 0.29) is 5.82 Å². The number of nitrogens with zero attached hydrogens (tertiary/aromatic N) is 2. The maximum absolute atomic E-state index is 10.5. The Labute approximate surface area is 107 Å². The monoisotopic (exact) mass is 294 g/mol. The number of hydrogen-bond acceptors (Lipinski definition) is 8. The quantitative estimate of drug-likeness (QED) is 0.442. The summed E-state index contributed by atoms with van der Waals surface area (Å²) in [4.78, 5) is 22.7. The van der Waals surface area contributed by atoms with E-state index in [1.165, 1.54) is 17.1 Å². The van der Waals surface area contributed by atoms with Crippen LogP contribution < -0.4 is 10.6 Å². The summed E-state index contributed by atoms with van der Waals surface area (Å²) >= 11 is 0. The number of imidazole rings is 1. The lowest BCUT2D eigenvalue weighted by molar-refractivity contribution is -0.222. The zero-order valence-electron chi connectivity index (χ0n) is 9.56. The number of nitrogens with two attached hydrogens (primary N) is 1.